The molecule has 0 spiro atoms. The number of fused-ring (bicyclic) bond motifs is 1. The predicted molar refractivity (Wildman–Crippen MR) is 176 cm³/mol. The topological polar surface area (TPSA) is 181 Å². The van der Waals surface area contributed by atoms with Crippen molar-refractivity contribution in [3.8, 4) is 0 Å². The van der Waals surface area contributed by atoms with Crippen LogP contribution in [0, 0.1) is 5.82 Å². The predicted octanol–water partition coefficient (Wildman–Crippen LogP) is 1.18. The zero-order valence-electron chi connectivity index (χ0n) is 26.0. The lowest BCUT2D eigenvalue weighted by Crippen LogP contribution is -2.56. The minimum atomic E-state index is -0.813. The largest absolute Gasteiger partial charge is 0.370 e. The molecular weight excluding hydrogens is 575 g/mol. The van der Waals surface area contributed by atoms with Gasteiger partial charge in [-0.1, -0.05) is 54.6 Å². The summed E-state index contributed by atoms with van der Waals surface area (Å²) >= 11 is 0. The van der Waals surface area contributed by atoms with Crippen molar-refractivity contribution in [1.29, 1.82) is 0 Å². The van der Waals surface area contributed by atoms with E-state index in [1.807, 2.05) is 49.4 Å². The highest BCUT2D eigenvalue weighted by atomic mass is 19.1. The first kappa shape index (κ1) is 34.9. The van der Waals surface area contributed by atoms with Gasteiger partial charge in [0.05, 0.1) is 12.1 Å². The Morgan fingerprint density at radius 1 is 0.911 bits per heavy atom. The maximum atomic E-state index is 14.0. The Bertz CT molecular complexity index is 1450. The number of carbonyl (C=O) groups is 3. The number of nitrogens with two attached hydrogens (primary N) is 3. The summed E-state index contributed by atoms with van der Waals surface area (Å²) in [6.07, 6.45) is 1.52. The molecule has 3 unspecified atom stereocenters. The summed E-state index contributed by atoms with van der Waals surface area (Å²) in [7, 11) is 1.56. The van der Waals surface area contributed by atoms with Crippen LogP contribution in [0.2, 0.25) is 0 Å². The van der Waals surface area contributed by atoms with E-state index in [0.717, 1.165) is 21.9 Å². The van der Waals surface area contributed by atoms with Crippen LogP contribution in [-0.4, -0.2) is 79.9 Å². The third kappa shape index (κ3) is 10.8. The Hall–Kier alpha value is -4.55. The number of likely N-dealkylation sites (N-methyl/N-ethyl adjacent to an activating group) is 2. The molecule has 3 aromatic carbocycles. The summed E-state index contributed by atoms with van der Waals surface area (Å²) in [6.45, 7) is 2.99. The van der Waals surface area contributed by atoms with Gasteiger partial charge < -0.3 is 38.1 Å². The van der Waals surface area contributed by atoms with Gasteiger partial charge in [0.15, 0.2) is 5.96 Å². The molecule has 0 bridgehead atoms. The monoisotopic (exact) mass is 620 g/mol. The molecule has 0 heterocycles. The Morgan fingerprint density at radius 3 is 2.27 bits per heavy atom. The molecule has 0 fully saturated rings. The van der Waals surface area contributed by atoms with Gasteiger partial charge in [-0.25, -0.2) is 4.39 Å². The Labute approximate surface area is 263 Å². The zero-order valence-corrected chi connectivity index (χ0v) is 26.0. The highest BCUT2D eigenvalue weighted by Crippen LogP contribution is 2.19. The van der Waals surface area contributed by atoms with E-state index in [0.29, 0.717) is 32.4 Å². The minimum Gasteiger partial charge on any atom is -0.370 e. The molecule has 3 amide bonds. The average Bonchev–Trinajstić information content (AvgIpc) is 3.04. The lowest BCUT2D eigenvalue weighted by Gasteiger charge is -2.33. The number of hydrogen-bond acceptors (Lipinski definition) is 6. The minimum absolute atomic E-state index is 0.0317. The van der Waals surface area contributed by atoms with E-state index in [2.05, 4.69) is 20.9 Å². The van der Waals surface area contributed by atoms with Crippen LogP contribution >= 0.6 is 0 Å². The van der Waals surface area contributed by atoms with Crippen molar-refractivity contribution in [3.63, 3.8) is 0 Å². The Kier molecular flexibility index (Phi) is 13.7. The molecule has 0 aliphatic rings. The second-order valence-electron chi connectivity index (χ2n) is 10.8. The van der Waals surface area contributed by atoms with Crippen LogP contribution in [0.5, 0.6) is 0 Å². The summed E-state index contributed by atoms with van der Waals surface area (Å²) < 4.78 is 13.2. The fraction of sp³-hybridized carbons (Fsp3) is 0.394. The van der Waals surface area contributed by atoms with Gasteiger partial charge in [-0.05, 0) is 60.2 Å². The maximum Gasteiger partial charge on any atom is 0.242 e. The van der Waals surface area contributed by atoms with Gasteiger partial charge in [-0.15, -0.1) is 0 Å². The van der Waals surface area contributed by atoms with Crippen LogP contribution < -0.4 is 33.2 Å². The number of nitrogens with zero attached hydrogens (tertiary/aromatic N) is 2. The molecule has 3 rings (SSSR count). The van der Waals surface area contributed by atoms with Gasteiger partial charge in [0, 0.05) is 39.6 Å². The van der Waals surface area contributed by atoms with E-state index < -0.39 is 18.1 Å². The summed E-state index contributed by atoms with van der Waals surface area (Å²) in [6, 6.07) is 17.6. The summed E-state index contributed by atoms with van der Waals surface area (Å²) in [5.41, 5.74) is 18.7. The highest BCUT2D eigenvalue weighted by molar-refractivity contribution is 5.90. The number of hydrogen-bond donors (Lipinski definition) is 6. The molecule has 11 nitrogen and oxygen atoms in total. The van der Waals surface area contributed by atoms with Crippen LogP contribution in [0.15, 0.2) is 71.7 Å². The van der Waals surface area contributed by atoms with E-state index >= 15 is 0 Å². The summed E-state index contributed by atoms with van der Waals surface area (Å²) in [4.78, 5) is 45.3. The quantitative estimate of drug-likeness (QED) is 0.0745. The molecule has 242 valence electrons. The van der Waals surface area contributed by atoms with E-state index in [1.165, 1.54) is 12.1 Å². The van der Waals surface area contributed by atoms with Gasteiger partial charge in [0.1, 0.15) is 11.9 Å². The van der Waals surface area contributed by atoms with Crippen LogP contribution in [0.3, 0.4) is 0 Å². The second-order valence-corrected chi connectivity index (χ2v) is 10.8. The number of benzene rings is 3. The normalized spacial score (nSPS) is 13.0. The number of guanidine groups is 1. The lowest BCUT2D eigenvalue weighted by molar-refractivity contribution is -0.141. The molecule has 0 radical (unpaired) electrons. The number of rotatable bonds is 17. The van der Waals surface area contributed by atoms with E-state index in [4.69, 9.17) is 17.2 Å². The third-order valence-electron chi connectivity index (χ3n) is 7.56. The Morgan fingerprint density at radius 2 is 1.60 bits per heavy atom. The van der Waals surface area contributed by atoms with Crippen molar-refractivity contribution in [1.82, 2.24) is 20.9 Å². The van der Waals surface area contributed by atoms with E-state index in [9.17, 15) is 18.8 Å². The molecule has 0 saturated heterocycles. The standard InChI is InChI=1S/C33H45FN8O3/c1-3-42(29(31(44)38-2)21-23-10-13-24-7-4-5-8-25(24)19-23)32(45)28(9-6-16-41-33(36)37)39-17-18-40-30(43)27(35)20-22-11-14-26(34)15-12-22/h4-5,7-8,10-15,19,27-29,39H,3,6,9,16-18,20-21,35H2,1-2H3,(H,38,44)(H,40,43)(H4,36,37,41). The molecule has 0 aliphatic carbocycles. The Balaban J connectivity index is 1.68. The smallest absolute Gasteiger partial charge is 0.242 e. The molecular formula is C33H45FN8O3. The maximum absolute atomic E-state index is 14.0. The van der Waals surface area contributed by atoms with Crippen molar-refractivity contribution in [3.05, 3.63) is 83.7 Å². The molecule has 45 heavy (non-hydrogen) atoms. The summed E-state index contributed by atoms with van der Waals surface area (Å²) in [5.74, 6) is -1.25. The first-order chi connectivity index (χ1) is 21.6. The fourth-order valence-electron chi connectivity index (χ4n) is 5.18. The lowest BCUT2D eigenvalue weighted by atomic mass is 9.99. The summed E-state index contributed by atoms with van der Waals surface area (Å²) in [5, 5.41) is 10.9. The van der Waals surface area contributed by atoms with Gasteiger partial charge in [0.2, 0.25) is 17.7 Å². The number of amides is 3. The van der Waals surface area contributed by atoms with Crippen LogP contribution in [0.25, 0.3) is 10.8 Å². The van der Waals surface area contributed by atoms with Crippen molar-refractivity contribution in [2.24, 2.45) is 22.2 Å². The van der Waals surface area contributed by atoms with Crippen LogP contribution in [0.4, 0.5) is 4.39 Å². The first-order valence-electron chi connectivity index (χ1n) is 15.2. The third-order valence-corrected chi connectivity index (χ3v) is 7.56. The van der Waals surface area contributed by atoms with Gasteiger partial charge in [-0.3, -0.25) is 19.4 Å². The number of halogens is 1. The van der Waals surface area contributed by atoms with Crippen molar-refractivity contribution in [2.45, 2.75) is 50.7 Å². The molecule has 3 aromatic rings. The van der Waals surface area contributed by atoms with Gasteiger partial charge in [-0.2, -0.15) is 0 Å². The fourth-order valence-corrected chi connectivity index (χ4v) is 5.18. The molecule has 0 aliphatic heterocycles. The van der Waals surface area contributed by atoms with Gasteiger partial charge >= 0.3 is 0 Å². The van der Waals surface area contributed by atoms with Crippen LogP contribution in [0.1, 0.15) is 30.9 Å². The van der Waals surface area contributed by atoms with Gasteiger partial charge in [0.25, 0.3) is 0 Å². The van der Waals surface area contributed by atoms with E-state index in [1.54, 1.807) is 24.1 Å². The van der Waals surface area contributed by atoms with Crippen molar-refractivity contribution < 1.29 is 18.8 Å². The first-order valence-corrected chi connectivity index (χ1v) is 15.2. The van der Waals surface area contributed by atoms with Crippen molar-refractivity contribution in [2.75, 3.05) is 33.2 Å². The number of carbonyl (C=O) groups excluding carboxylic acids is 3. The average molecular weight is 621 g/mol. The SMILES string of the molecule is CCN(C(=O)C(CCCN=C(N)N)NCCNC(=O)C(N)Cc1ccc(F)cc1)C(Cc1ccc2ccccc2c1)C(=O)NC. The highest BCUT2D eigenvalue weighted by Gasteiger charge is 2.32. The molecule has 0 aromatic heterocycles. The second kappa shape index (κ2) is 17.7. The number of nitrogens with one attached hydrogen (secondary N) is 3. The molecule has 3 atom stereocenters. The zero-order chi connectivity index (χ0) is 32.8. The molecule has 0 saturated carbocycles. The molecule has 9 N–H and O–H groups in total. The van der Waals surface area contributed by atoms with Crippen molar-refractivity contribution >= 4 is 34.5 Å². The van der Waals surface area contributed by atoms with E-state index in [-0.39, 0.29) is 49.0 Å². The number of aliphatic imine (C=N–C) groups is 1. The molecule has 12 heteroatoms. The van der Waals surface area contributed by atoms with Crippen LogP contribution in [-0.2, 0) is 27.2 Å².